The molecule has 2 heterocycles. The van der Waals surface area contributed by atoms with Crippen LogP contribution in [0.2, 0.25) is 0 Å². The van der Waals surface area contributed by atoms with Crippen molar-refractivity contribution in [3.8, 4) is 11.8 Å². The molecule has 1 fully saturated rings. The average Bonchev–Trinajstić information content (AvgIpc) is 2.97. The van der Waals surface area contributed by atoms with Crippen LogP contribution in [-0.2, 0) is 4.74 Å². The second-order valence-electron chi connectivity index (χ2n) is 6.14. The van der Waals surface area contributed by atoms with Crippen LogP contribution in [0, 0.1) is 17.2 Å². The monoisotopic (exact) mass is 328 g/mol. The van der Waals surface area contributed by atoms with Gasteiger partial charge in [-0.2, -0.15) is 5.26 Å². The van der Waals surface area contributed by atoms with Crippen LogP contribution in [0.15, 0.2) is 35.7 Å². The summed E-state index contributed by atoms with van der Waals surface area (Å²) in [5.74, 6) is 0.916. The van der Waals surface area contributed by atoms with Crippen LogP contribution in [0.1, 0.15) is 38.2 Å². The number of hydrogen-bond donors (Lipinski definition) is 3. The number of allylic oxidation sites excluding steroid dienone is 1. The Morgan fingerprint density at radius 2 is 2.08 bits per heavy atom. The van der Waals surface area contributed by atoms with Gasteiger partial charge in [0.05, 0.1) is 12.2 Å². The van der Waals surface area contributed by atoms with Gasteiger partial charge in [-0.3, -0.25) is 5.43 Å². The fourth-order valence-electron chi connectivity index (χ4n) is 3.74. The zero-order valence-corrected chi connectivity index (χ0v) is 14.1. The van der Waals surface area contributed by atoms with Crippen molar-refractivity contribution in [3.05, 3.63) is 41.3 Å². The number of hydrogen-bond acceptors (Lipinski definition) is 6. The number of rotatable bonds is 5. The zero-order chi connectivity index (χ0) is 17.1. The van der Waals surface area contributed by atoms with E-state index in [1.54, 1.807) is 0 Å². The standard InChI is InChI=1S/C18H24N4O2/c1-3-7-13-16-15(11-8-5-6-9-14(11)23-4-2)12(10-19)17(20)24-18(16)22-21-13/h5-6,8-9,13,15-16,18,21-22H,3-4,7,20H2,1-2H3. The van der Waals surface area contributed by atoms with Crippen molar-refractivity contribution in [1.82, 2.24) is 10.9 Å². The zero-order valence-electron chi connectivity index (χ0n) is 14.1. The van der Waals surface area contributed by atoms with E-state index in [4.69, 9.17) is 15.2 Å². The molecule has 1 saturated heterocycles. The number of nitrogens with zero attached hydrogens (tertiary/aromatic N) is 1. The summed E-state index contributed by atoms with van der Waals surface area (Å²) in [6, 6.07) is 10.3. The van der Waals surface area contributed by atoms with Crippen LogP contribution >= 0.6 is 0 Å². The van der Waals surface area contributed by atoms with E-state index in [0.29, 0.717) is 12.2 Å². The smallest absolute Gasteiger partial charge is 0.200 e. The third-order valence-corrected chi connectivity index (χ3v) is 4.71. The molecule has 24 heavy (non-hydrogen) atoms. The summed E-state index contributed by atoms with van der Waals surface area (Å²) in [6.45, 7) is 4.68. The van der Waals surface area contributed by atoms with Crippen molar-refractivity contribution in [2.24, 2.45) is 11.7 Å². The normalized spacial score (nSPS) is 28.9. The van der Waals surface area contributed by atoms with Gasteiger partial charge >= 0.3 is 0 Å². The summed E-state index contributed by atoms with van der Waals surface area (Å²) in [5.41, 5.74) is 14.0. The quantitative estimate of drug-likeness (QED) is 0.767. The van der Waals surface area contributed by atoms with Gasteiger partial charge in [0.2, 0.25) is 5.88 Å². The van der Waals surface area contributed by atoms with Crippen LogP contribution in [0.25, 0.3) is 0 Å². The van der Waals surface area contributed by atoms with Gasteiger partial charge in [0.25, 0.3) is 0 Å². The number of hydrazine groups is 1. The van der Waals surface area contributed by atoms with E-state index >= 15 is 0 Å². The summed E-state index contributed by atoms with van der Waals surface area (Å²) in [7, 11) is 0. The first-order chi connectivity index (χ1) is 11.7. The molecule has 128 valence electrons. The van der Waals surface area contributed by atoms with E-state index in [9.17, 15) is 5.26 Å². The van der Waals surface area contributed by atoms with Gasteiger partial charge in [0, 0.05) is 23.4 Å². The first kappa shape index (κ1) is 16.6. The lowest BCUT2D eigenvalue weighted by Gasteiger charge is -2.36. The van der Waals surface area contributed by atoms with Crippen molar-refractivity contribution >= 4 is 0 Å². The summed E-state index contributed by atoms with van der Waals surface area (Å²) in [4.78, 5) is 0. The number of ether oxygens (including phenoxy) is 2. The van der Waals surface area contributed by atoms with E-state index in [2.05, 4.69) is 23.8 Å². The van der Waals surface area contributed by atoms with Gasteiger partial charge in [0.1, 0.15) is 11.8 Å². The number of nitrogens with one attached hydrogen (secondary N) is 2. The highest BCUT2D eigenvalue weighted by Gasteiger charge is 2.48. The molecule has 2 aliphatic rings. The van der Waals surface area contributed by atoms with Crippen LogP contribution in [0.4, 0.5) is 0 Å². The molecule has 4 N–H and O–H groups in total. The Kier molecular flexibility index (Phi) is 4.93. The van der Waals surface area contributed by atoms with E-state index in [-0.39, 0.29) is 30.0 Å². The summed E-state index contributed by atoms with van der Waals surface area (Å²) >= 11 is 0. The predicted molar refractivity (Wildman–Crippen MR) is 90.5 cm³/mol. The molecule has 4 atom stereocenters. The Balaban J connectivity index is 2.09. The molecule has 6 heteroatoms. The summed E-state index contributed by atoms with van der Waals surface area (Å²) in [5, 5.41) is 9.70. The van der Waals surface area contributed by atoms with Gasteiger partial charge < -0.3 is 15.2 Å². The lowest BCUT2D eigenvalue weighted by Crippen LogP contribution is -2.41. The van der Waals surface area contributed by atoms with Gasteiger partial charge in [0.15, 0.2) is 6.23 Å². The minimum absolute atomic E-state index is 0.0773. The molecule has 0 radical (unpaired) electrons. The van der Waals surface area contributed by atoms with Crippen LogP contribution < -0.4 is 21.3 Å². The molecule has 0 bridgehead atoms. The SMILES string of the molecule is CCCC1NNC2OC(N)=C(C#N)C(c3ccccc3OCC)C12. The topological polar surface area (TPSA) is 92.3 Å². The van der Waals surface area contributed by atoms with Gasteiger partial charge in [-0.05, 0) is 19.4 Å². The van der Waals surface area contributed by atoms with Crippen molar-refractivity contribution in [2.75, 3.05) is 6.61 Å². The molecule has 0 amide bonds. The van der Waals surface area contributed by atoms with Crippen LogP contribution in [0.5, 0.6) is 5.75 Å². The van der Waals surface area contributed by atoms with Crippen LogP contribution in [-0.4, -0.2) is 18.9 Å². The minimum Gasteiger partial charge on any atom is -0.494 e. The van der Waals surface area contributed by atoms with E-state index in [1.165, 1.54) is 0 Å². The fourth-order valence-corrected chi connectivity index (χ4v) is 3.74. The lowest BCUT2D eigenvalue weighted by molar-refractivity contribution is 0.0333. The molecule has 3 rings (SSSR count). The molecule has 2 aliphatic heterocycles. The molecule has 1 aromatic rings. The number of benzene rings is 1. The highest BCUT2D eigenvalue weighted by atomic mass is 16.5. The van der Waals surface area contributed by atoms with Crippen molar-refractivity contribution in [2.45, 2.75) is 44.9 Å². The number of fused-ring (bicyclic) bond motifs is 1. The Hall–Kier alpha value is -2.23. The first-order valence-corrected chi connectivity index (χ1v) is 8.50. The maximum atomic E-state index is 9.70. The lowest BCUT2D eigenvalue weighted by atomic mass is 9.74. The van der Waals surface area contributed by atoms with Gasteiger partial charge in [-0.25, -0.2) is 5.43 Å². The molecule has 4 unspecified atom stereocenters. The second-order valence-corrected chi connectivity index (χ2v) is 6.14. The van der Waals surface area contributed by atoms with E-state index in [1.807, 2.05) is 31.2 Å². The summed E-state index contributed by atoms with van der Waals surface area (Å²) in [6.07, 6.45) is 1.78. The molecular formula is C18H24N4O2. The minimum atomic E-state index is -0.252. The van der Waals surface area contributed by atoms with E-state index < -0.39 is 0 Å². The Labute approximate surface area is 142 Å². The van der Waals surface area contributed by atoms with Crippen molar-refractivity contribution in [3.63, 3.8) is 0 Å². The molecule has 0 aliphatic carbocycles. The van der Waals surface area contributed by atoms with E-state index in [0.717, 1.165) is 24.2 Å². The molecule has 0 spiro atoms. The predicted octanol–water partition coefficient (Wildman–Crippen LogP) is 2.11. The average molecular weight is 328 g/mol. The van der Waals surface area contributed by atoms with Crippen LogP contribution in [0.3, 0.4) is 0 Å². The Morgan fingerprint density at radius 3 is 2.79 bits per heavy atom. The third kappa shape index (κ3) is 2.81. The number of nitrogens with two attached hydrogens (primary N) is 1. The summed E-state index contributed by atoms with van der Waals surface area (Å²) < 4.78 is 11.6. The maximum Gasteiger partial charge on any atom is 0.200 e. The number of nitriles is 1. The van der Waals surface area contributed by atoms with Crippen molar-refractivity contribution in [1.29, 1.82) is 5.26 Å². The molecule has 0 saturated carbocycles. The highest BCUT2D eigenvalue weighted by Crippen LogP contribution is 2.46. The number of para-hydroxylation sites is 1. The Morgan fingerprint density at radius 1 is 1.29 bits per heavy atom. The largest absolute Gasteiger partial charge is 0.494 e. The molecular weight excluding hydrogens is 304 g/mol. The highest BCUT2D eigenvalue weighted by molar-refractivity contribution is 5.47. The Bertz CT molecular complexity index is 667. The van der Waals surface area contributed by atoms with Crippen molar-refractivity contribution < 1.29 is 9.47 Å². The maximum absolute atomic E-state index is 9.70. The first-order valence-electron chi connectivity index (χ1n) is 8.50. The molecule has 1 aromatic carbocycles. The third-order valence-electron chi connectivity index (χ3n) is 4.71. The molecule has 6 nitrogen and oxygen atoms in total. The second kappa shape index (κ2) is 7.12. The molecule has 0 aromatic heterocycles. The van der Waals surface area contributed by atoms with Gasteiger partial charge in [-0.15, -0.1) is 0 Å². The van der Waals surface area contributed by atoms with Gasteiger partial charge in [-0.1, -0.05) is 31.5 Å². The fraction of sp³-hybridized carbons (Fsp3) is 0.500.